The van der Waals surface area contributed by atoms with E-state index in [-0.39, 0.29) is 23.5 Å². The fourth-order valence-electron chi connectivity index (χ4n) is 5.91. The number of halogens is 3. The Morgan fingerprint density at radius 3 is 1.60 bits per heavy atom. The zero-order valence-electron chi connectivity index (χ0n) is 30.1. The Bertz CT molecular complexity index is 1730. The molecule has 1 atom stereocenters. The predicted molar refractivity (Wildman–Crippen MR) is 198 cm³/mol. The molecule has 0 N–H and O–H groups in total. The first-order valence-electron chi connectivity index (χ1n) is 18.5. The van der Waals surface area contributed by atoms with Crippen LogP contribution in [0.5, 0.6) is 5.75 Å². The molecule has 1 unspecified atom stereocenters. The third-order valence-corrected chi connectivity index (χ3v) is 9.00. The molecular formula is C43H49F3O6. The Labute approximate surface area is 304 Å². The Morgan fingerprint density at radius 1 is 0.558 bits per heavy atom. The van der Waals surface area contributed by atoms with Crippen LogP contribution in [0.4, 0.5) is 13.2 Å². The van der Waals surface area contributed by atoms with Gasteiger partial charge in [-0.1, -0.05) is 114 Å². The molecule has 278 valence electrons. The van der Waals surface area contributed by atoms with E-state index in [0.717, 1.165) is 36.8 Å². The van der Waals surface area contributed by atoms with E-state index in [1.165, 1.54) is 56.7 Å². The summed E-state index contributed by atoms with van der Waals surface area (Å²) in [4.78, 5) is 38.1. The van der Waals surface area contributed by atoms with Gasteiger partial charge in [0.1, 0.15) is 5.75 Å². The number of ether oxygens (including phenoxy) is 3. The average Bonchev–Trinajstić information content (AvgIpc) is 3.14. The molecule has 0 aliphatic rings. The summed E-state index contributed by atoms with van der Waals surface area (Å²) in [7, 11) is 0. The number of carbonyl (C=O) groups is 3. The lowest BCUT2D eigenvalue weighted by molar-refractivity contribution is -0.206. The van der Waals surface area contributed by atoms with Gasteiger partial charge in [-0.05, 0) is 89.7 Å². The zero-order valence-corrected chi connectivity index (χ0v) is 30.1. The van der Waals surface area contributed by atoms with Crippen LogP contribution in [0.3, 0.4) is 0 Å². The van der Waals surface area contributed by atoms with Crippen LogP contribution in [0.15, 0.2) is 84.9 Å². The molecular weight excluding hydrogens is 669 g/mol. The number of unbranched alkanes of at least 4 members (excludes halogenated alkanes) is 10. The number of rotatable bonds is 20. The molecule has 4 rings (SSSR count). The maximum absolute atomic E-state index is 13.5. The number of fused-ring (bicyclic) bond motifs is 1. The van der Waals surface area contributed by atoms with E-state index in [4.69, 9.17) is 14.2 Å². The zero-order chi connectivity index (χ0) is 37.3. The number of hydrogen-bond donors (Lipinski definition) is 0. The number of esters is 3. The summed E-state index contributed by atoms with van der Waals surface area (Å²) in [6.45, 7) is 4.59. The molecule has 4 aromatic rings. The van der Waals surface area contributed by atoms with E-state index in [1.807, 2.05) is 31.2 Å². The summed E-state index contributed by atoms with van der Waals surface area (Å²) in [5.74, 6) is -1.64. The normalized spacial score (nSPS) is 12.0. The topological polar surface area (TPSA) is 78.9 Å². The van der Waals surface area contributed by atoms with E-state index in [0.29, 0.717) is 41.5 Å². The lowest BCUT2D eigenvalue weighted by atomic mass is 10.0. The highest BCUT2D eigenvalue weighted by Gasteiger charge is 2.42. The van der Waals surface area contributed by atoms with Crippen LogP contribution < -0.4 is 4.74 Å². The van der Waals surface area contributed by atoms with E-state index >= 15 is 0 Å². The SMILES string of the molecule is CCCCCCCCCCOC(=O)c1ccc(-c2ccc(OC(=O)c3ccc4cc(C(=O)OC(CCCCCC)C(F)(F)F)ccc4c3)cc2)cc1. The van der Waals surface area contributed by atoms with Crippen molar-refractivity contribution in [2.45, 2.75) is 110 Å². The Hall–Kier alpha value is -4.66. The first-order chi connectivity index (χ1) is 25.1. The summed E-state index contributed by atoms with van der Waals surface area (Å²) < 4.78 is 56.5. The fraction of sp³-hybridized carbons (Fsp3) is 0.419. The molecule has 6 nitrogen and oxygen atoms in total. The molecule has 0 aliphatic heterocycles. The van der Waals surface area contributed by atoms with Gasteiger partial charge < -0.3 is 14.2 Å². The molecule has 4 aromatic carbocycles. The van der Waals surface area contributed by atoms with E-state index in [1.54, 1.807) is 42.5 Å². The molecule has 52 heavy (non-hydrogen) atoms. The van der Waals surface area contributed by atoms with Crippen molar-refractivity contribution < 1.29 is 41.8 Å². The molecule has 9 heteroatoms. The second-order valence-electron chi connectivity index (χ2n) is 13.2. The van der Waals surface area contributed by atoms with Crippen LogP contribution in [0.25, 0.3) is 21.9 Å². The van der Waals surface area contributed by atoms with Gasteiger partial charge in [-0.25, -0.2) is 14.4 Å². The van der Waals surface area contributed by atoms with Crippen molar-refractivity contribution in [3.05, 3.63) is 102 Å². The van der Waals surface area contributed by atoms with Gasteiger partial charge in [-0.15, -0.1) is 0 Å². The van der Waals surface area contributed by atoms with E-state index < -0.39 is 24.2 Å². The van der Waals surface area contributed by atoms with Crippen molar-refractivity contribution in [1.82, 2.24) is 0 Å². The molecule has 0 fully saturated rings. The molecule has 0 heterocycles. The maximum Gasteiger partial charge on any atom is 0.425 e. The van der Waals surface area contributed by atoms with Gasteiger partial charge in [0.05, 0.1) is 23.3 Å². The molecule has 0 aromatic heterocycles. The molecule has 0 radical (unpaired) electrons. The molecule has 0 amide bonds. The molecule has 0 bridgehead atoms. The summed E-state index contributed by atoms with van der Waals surface area (Å²) >= 11 is 0. The minimum Gasteiger partial charge on any atom is -0.462 e. The summed E-state index contributed by atoms with van der Waals surface area (Å²) in [5, 5.41) is 1.17. The van der Waals surface area contributed by atoms with Gasteiger partial charge in [-0.2, -0.15) is 13.2 Å². The van der Waals surface area contributed by atoms with Crippen molar-refractivity contribution in [2.75, 3.05) is 6.61 Å². The standard InChI is InChI=1S/C43H49F3O6/c1-3-5-7-9-10-11-12-14-28-50-40(47)33-18-16-31(17-19-33)32-24-26-38(27-25-32)51-41(48)36-22-20-35-30-37(23-21-34(35)29-36)42(49)52-39(43(44,45)46)15-13-8-6-4-2/h16-27,29-30,39H,3-15,28H2,1-2H3. The minimum absolute atomic E-state index is 0.00520. The van der Waals surface area contributed by atoms with Crippen molar-refractivity contribution >= 4 is 28.7 Å². The van der Waals surface area contributed by atoms with Crippen LogP contribution in [0.1, 0.15) is 128 Å². The largest absolute Gasteiger partial charge is 0.462 e. The summed E-state index contributed by atoms with van der Waals surface area (Å²) in [5.41, 5.74) is 2.51. The fourth-order valence-corrected chi connectivity index (χ4v) is 5.91. The minimum atomic E-state index is -4.65. The highest BCUT2D eigenvalue weighted by molar-refractivity contribution is 5.99. The van der Waals surface area contributed by atoms with Crippen LogP contribution in [0, 0.1) is 0 Å². The Kier molecular flexibility index (Phi) is 15.7. The number of carbonyl (C=O) groups excluding carboxylic acids is 3. The number of hydrogen-bond acceptors (Lipinski definition) is 6. The quantitative estimate of drug-likeness (QED) is 0.0514. The van der Waals surface area contributed by atoms with Crippen molar-refractivity contribution in [3.63, 3.8) is 0 Å². The van der Waals surface area contributed by atoms with Crippen molar-refractivity contribution in [2.24, 2.45) is 0 Å². The van der Waals surface area contributed by atoms with Gasteiger partial charge in [0.15, 0.2) is 6.10 Å². The van der Waals surface area contributed by atoms with Crippen molar-refractivity contribution in [3.8, 4) is 16.9 Å². The second kappa shape index (κ2) is 20.4. The van der Waals surface area contributed by atoms with Gasteiger partial charge in [0, 0.05) is 0 Å². The summed E-state index contributed by atoms with van der Waals surface area (Å²) in [6, 6.07) is 23.3. The lowest BCUT2D eigenvalue weighted by Gasteiger charge is -2.20. The van der Waals surface area contributed by atoms with Crippen LogP contribution in [0.2, 0.25) is 0 Å². The highest BCUT2D eigenvalue weighted by Crippen LogP contribution is 2.29. The maximum atomic E-state index is 13.5. The third-order valence-electron chi connectivity index (χ3n) is 9.00. The van der Waals surface area contributed by atoms with Gasteiger partial charge in [0.2, 0.25) is 0 Å². The monoisotopic (exact) mass is 718 g/mol. The highest BCUT2D eigenvalue weighted by atomic mass is 19.4. The van der Waals surface area contributed by atoms with Gasteiger partial charge >= 0.3 is 24.1 Å². The molecule has 0 aliphatic carbocycles. The van der Waals surface area contributed by atoms with E-state index in [9.17, 15) is 27.6 Å². The molecule has 0 spiro atoms. The first-order valence-corrected chi connectivity index (χ1v) is 18.5. The molecule has 0 saturated carbocycles. The molecule has 0 saturated heterocycles. The number of benzene rings is 4. The van der Waals surface area contributed by atoms with Crippen LogP contribution in [-0.2, 0) is 9.47 Å². The Balaban J connectivity index is 1.27. The smallest absolute Gasteiger partial charge is 0.425 e. The Morgan fingerprint density at radius 2 is 1.04 bits per heavy atom. The van der Waals surface area contributed by atoms with E-state index in [2.05, 4.69) is 6.92 Å². The average molecular weight is 719 g/mol. The third kappa shape index (κ3) is 12.5. The number of alkyl halides is 3. The second-order valence-corrected chi connectivity index (χ2v) is 13.2. The van der Waals surface area contributed by atoms with Gasteiger partial charge in [0.25, 0.3) is 0 Å². The predicted octanol–water partition coefficient (Wildman–Crippen LogP) is 12.1. The summed E-state index contributed by atoms with van der Waals surface area (Å²) in [6.07, 6.45) is 5.00. The van der Waals surface area contributed by atoms with Gasteiger partial charge in [-0.3, -0.25) is 0 Å². The van der Waals surface area contributed by atoms with Crippen LogP contribution >= 0.6 is 0 Å². The lowest BCUT2D eigenvalue weighted by Crippen LogP contribution is -2.33. The van der Waals surface area contributed by atoms with Crippen molar-refractivity contribution in [1.29, 1.82) is 0 Å². The first kappa shape index (κ1) is 40.1. The van der Waals surface area contributed by atoms with Crippen LogP contribution in [-0.4, -0.2) is 36.8 Å².